The van der Waals surface area contributed by atoms with Gasteiger partial charge >= 0.3 is 0 Å². The predicted molar refractivity (Wildman–Crippen MR) is 36.0 cm³/mol. The van der Waals surface area contributed by atoms with Crippen molar-refractivity contribution in [2.75, 3.05) is 6.54 Å². The standard InChI is InChI=1S/C7H11N2/c1-6-2-7-3-8-5-9(7)4-6/h3,5-6,8H,2,4H2,1H3/t6-/m0/s1. The zero-order valence-electron chi connectivity index (χ0n) is 5.59. The minimum atomic E-state index is 0.842. The molecule has 0 aliphatic carbocycles. The molecule has 2 rings (SSSR count). The van der Waals surface area contributed by atoms with Crippen molar-refractivity contribution in [3.63, 3.8) is 0 Å². The fraction of sp³-hybridized carbons (Fsp3) is 0.571. The molecule has 1 N–H and O–H groups in total. The highest BCUT2D eigenvalue weighted by atomic mass is 15.3. The Morgan fingerprint density at radius 2 is 2.67 bits per heavy atom. The van der Waals surface area contributed by atoms with Gasteiger partial charge in [0.15, 0.2) is 0 Å². The first-order chi connectivity index (χ1) is 4.36. The first kappa shape index (κ1) is 5.15. The second kappa shape index (κ2) is 1.66. The second-order valence-electron chi connectivity index (χ2n) is 2.89. The van der Waals surface area contributed by atoms with Gasteiger partial charge in [-0.25, -0.2) is 0 Å². The molecule has 2 aliphatic heterocycles. The molecule has 2 heteroatoms. The van der Waals surface area contributed by atoms with Gasteiger partial charge in [-0.15, -0.1) is 0 Å². The Balaban J connectivity index is 2.15. The Bertz CT molecular complexity index is 151. The van der Waals surface area contributed by atoms with Gasteiger partial charge in [0.1, 0.15) is 6.67 Å². The van der Waals surface area contributed by atoms with E-state index in [1.54, 1.807) is 0 Å². The average Bonchev–Trinajstić information content (AvgIpc) is 2.22. The third-order valence-electron chi connectivity index (χ3n) is 1.92. The third-order valence-corrected chi connectivity index (χ3v) is 1.92. The highest BCUT2D eigenvalue weighted by Gasteiger charge is 2.25. The summed E-state index contributed by atoms with van der Waals surface area (Å²) in [6, 6.07) is 0. The summed E-state index contributed by atoms with van der Waals surface area (Å²) in [5.74, 6) is 0.842. The predicted octanol–water partition coefficient (Wildman–Crippen LogP) is 0.892. The Labute approximate surface area is 55.5 Å². The molecule has 1 radical (unpaired) electrons. The molecule has 0 saturated carbocycles. The van der Waals surface area contributed by atoms with Gasteiger partial charge in [0.2, 0.25) is 0 Å². The third kappa shape index (κ3) is 0.696. The van der Waals surface area contributed by atoms with Crippen LogP contribution in [0.3, 0.4) is 0 Å². The molecule has 0 unspecified atom stereocenters. The molecular weight excluding hydrogens is 112 g/mol. The van der Waals surface area contributed by atoms with Crippen LogP contribution in [-0.4, -0.2) is 11.4 Å². The lowest BCUT2D eigenvalue weighted by atomic mass is 10.1. The molecular formula is C7H11N2. The van der Waals surface area contributed by atoms with E-state index in [1.807, 2.05) is 6.67 Å². The van der Waals surface area contributed by atoms with Gasteiger partial charge < -0.3 is 10.2 Å². The average molecular weight is 123 g/mol. The first-order valence-electron chi connectivity index (χ1n) is 3.41. The van der Waals surface area contributed by atoms with Crippen molar-refractivity contribution in [2.45, 2.75) is 13.3 Å². The van der Waals surface area contributed by atoms with E-state index in [0.717, 1.165) is 5.92 Å². The Hall–Kier alpha value is -0.660. The zero-order chi connectivity index (χ0) is 6.27. The van der Waals surface area contributed by atoms with E-state index < -0.39 is 0 Å². The van der Waals surface area contributed by atoms with Crippen LogP contribution in [0, 0.1) is 12.6 Å². The van der Waals surface area contributed by atoms with Gasteiger partial charge in [-0.3, -0.25) is 0 Å². The second-order valence-corrected chi connectivity index (χ2v) is 2.89. The van der Waals surface area contributed by atoms with Crippen LogP contribution in [-0.2, 0) is 0 Å². The first-order valence-corrected chi connectivity index (χ1v) is 3.41. The van der Waals surface area contributed by atoms with Crippen molar-refractivity contribution in [1.29, 1.82) is 0 Å². The van der Waals surface area contributed by atoms with Crippen LogP contribution in [0.15, 0.2) is 11.9 Å². The summed E-state index contributed by atoms with van der Waals surface area (Å²) in [6.45, 7) is 5.52. The van der Waals surface area contributed by atoms with Crippen LogP contribution in [0.4, 0.5) is 0 Å². The molecule has 1 atom stereocenters. The van der Waals surface area contributed by atoms with E-state index in [1.165, 1.54) is 18.7 Å². The number of hydrogen-bond acceptors (Lipinski definition) is 2. The number of nitrogens with zero attached hydrogens (tertiary/aromatic N) is 1. The van der Waals surface area contributed by atoms with E-state index in [0.29, 0.717) is 0 Å². The number of nitrogens with one attached hydrogen (secondary N) is 1. The Morgan fingerprint density at radius 1 is 1.78 bits per heavy atom. The SMILES string of the molecule is C[C@H]1CC2=CN[CH]N2C1. The lowest BCUT2D eigenvalue weighted by Gasteiger charge is -2.10. The summed E-state index contributed by atoms with van der Waals surface area (Å²) in [5.41, 5.74) is 1.45. The molecule has 2 heterocycles. The largest absolute Gasteiger partial charge is 0.367 e. The molecule has 0 amide bonds. The maximum atomic E-state index is 3.08. The summed E-state index contributed by atoms with van der Waals surface area (Å²) < 4.78 is 0. The summed E-state index contributed by atoms with van der Waals surface area (Å²) in [6.07, 6.45) is 3.33. The minimum Gasteiger partial charge on any atom is -0.367 e. The molecule has 0 aromatic carbocycles. The van der Waals surface area contributed by atoms with Crippen molar-refractivity contribution in [3.05, 3.63) is 18.6 Å². The van der Waals surface area contributed by atoms with Gasteiger partial charge in [-0.05, 0) is 12.3 Å². The van der Waals surface area contributed by atoms with E-state index >= 15 is 0 Å². The Kier molecular flexibility index (Phi) is 0.949. The monoisotopic (exact) mass is 123 g/mol. The minimum absolute atomic E-state index is 0.842. The van der Waals surface area contributed by atoms with E-state index in [-0.39, 0.29) is 0 Å². The highest BCUT2D eigenvalue weighted by Crippen LogP contribution is 2.28. The summed E-state index contributed by atoms with van der Waals surface area (Å²) in [4.78, 5) is 2.28. The quantitative estimate of drug-likeness (QED) is 0.514. The van der Waals surface area contributed by atoms with Crippen LogP contribution in [0.5, 0.6) is 0 Å². The van der Waals surface area contributed by atoms with Crippen molar-refractivity contribution in [2.24, 2.45) is 5.92 Å². The van der Waals surface area contributed by atoms with Gasteiger partial charge in [0, 0.05) is 18.4 Å². The van der Waals surface area contributed by atoms with Crippen molar-refractivity contribution < 1.29 is 0 Å². The van der Waals surface area contributed by atoms with Crippen LogP contribution >= 0.6 is 0 Å². The Morgan fingerprint density at radius 3 is 3.44 bits per heavy atom. The zero-order valence-corrected chi connectivity index (χ0v) is 5.59. The lowest BCUT2D eigenvalue weighted by molar-refractivity contribution is 0.446. The molecule has 1 saturated heterocycles. The normalized spacial score (nSPS) is 31.9. The molecule has 9 heavy (non-hydrogen) atoms. The maximum Gasteiger partial charge on any atom is 0.138 e. The van der Waals surface area contributed by atoms with Crippen molar-refractivity contribution in [3.8, 4) is 0 Å². The fourth-order valence-electron chi connectivity index (χ4n) is 1.49. The highest BCUT2D eigenvalue weighted by molar-refractivity contribution is 5.14. The molecule has 0 spiro atoms. The molecule has 0 aromatic heterocycles. The number of allylic oxidation sites excluding steroid dienone is 1. The van der Waals surface area contributed by atoms with Crippen LogP contribution < -0.4 is 5.32 Å². The van der Waals surface area contributed by atoms with Gasteiger partial charge in [-0.1, -0.05) is 6.92 Å². The van der Waals surface area contributed by atoms with E-state index in [9.17, 15) is 0 Å². The smallest absolute Gasteiger partial charge is 0.138 e. The fourth-order valence-corrected chi connectivity index (χ4v) is 1.49. The van der Waals surface area contributed by atoms with E-state index in [2.05, 4.69) is 23.3 Å². The summed E-state index contributed by atoms with van der Waals surface area (Å²) in [7, 11) is 0. The molecule has 49 valence electrons. The molecule has 0 aromatic rings. The molecule has 2 nitrogen and oxygen atoms in total. The maximum absolute atomic E-state index is 3.08. The van der Waals surface area contributed by atoms with E-state index in [4.69, 9.17) is 0 Å². The molecule has 0 bridgehead atoms. The van der Waals surface area contributed by atoms with Crippen molar-refractivity contribution >= 4 is 0 Å². The molecule has 2 aliphatic rings. The van der Waals surface area contributed by atoms with Gasteiger partial charge in [0.25, 0.3) is 0 Å². The number of hydrogen-bond donors (Lipinski definition) is 1. The molecule has 1 fully saturated rings. The van der Waals surface area contributed by atoms with Crippen LogP contribution in [0.25, 0.3) is 0 Å². The van der Waals surface area contributed by atoms with Gasteiger partial charge in [-0.2, -0.15) is 0 Å². The number of rotatable bonds is 0. The van der Waals surface area contributed by atoms with Crippen LogP contribution in [0.1, 0.15) is 13.3 Å². The summed E-state index contributed by atoms with van der Waals surface area (Å²) in [5, 5.41) is 3.08. The lowest BCUT2D eigenvalue weighted by Crippen LogP contribution is -2.15. The van der Waals surface area contributed by atoms with Crippen LogP contribution in [0.2, 0.25) is 0 Å². The summed E-state index contributed by atoms with van der Waals surface area (Å²) >= 11 is 0. The topological polar surface area (TPSA) is 15.3 Å². The van der Waals surface area contributed by atoms with Crippen molar-refractivity contribution in [1.82, 2.24) is 10.2 Å². The number of fused-ring (bicyclic) bond motifs is 1. The van der Waals surface area contributed by atoms with Gasteiger partial charge in [0.05, 0.1) is 0 Å².